The zero-order valence-corrected chi connectivity index (χ0v) is 12.8. The smallest absolute Gasteiger partial charge is 0.222 e. The number of fused-ring (bicyclic) bond motifs is 1. The van der Waals surface area contributed by atoms with Crippen molar-refractivity contribution < 1.29 is 9.18 Å². The summed E-state index contributed by atoms with van der Waals surface area (Å²) in [6.45, 7) is 2.42. The van der Waals surface area contributed by atoms with Gasteiger partial charge >= 0.3 is 0 Å². The van der Waals surface area contributed by atoms with E-state index in [1.54, 1.807) is 16.9 Å². The van der Waals surface area contributed by atoms with Crippen LogP contribution in [0.15, 0.2) is 36.7 Å². The van der Waals surface area contributed by atoms with E-state index < -0.39 is 0 Å². The number of aromatic amines is 1. The maximum absolute atomic E-state index is 13.1. The van der Waals surface area contributed by atoms with Gasteiger partial charge in [0.1, 0.15) is 11.6 Å². The van der Waals surface area contributed by atoms with E-state index in [1.165, 1.54) is 12.1 Å². The van der Waals surface area contributed by atoms with Crippen LogP contribution in [0.2, 0.25) is 0 Å². The Morgan fingerprint density at radius 3 is 3.13 bits per heavy atom. The lowest BCUT2D eigenvalue weighted by Gasteiger charge is -2.11. The Morgan fingerprint density at radius 2 is 2.35 bits per heavy atom. The molecule has 2 N–H and O–H groups in total. The van der Waals surface area contributed by atoms with Crippen LogP contribution >= 0.6 is 0 Å². The number of imidazole rings is 1. The molecular formula is C16H18FN5O. The molecule has 7 heteroatoms. The number of amides is 1. The van der Waals surface area contributed by atoms with E-state index in [0.29, 0.717) is 24.9 Å². The number of rotatable bonds is 6. The summed E-state index contributed by atoms with van der Waals surface area (Å²) in [6.07, 6.45) is 4.47. The van der Waals surface area contributed by atoms with E-state index in [0.717, 1.165) is 11.3 Å². The van der Waals surface area contributed by atoms with Crippen LogP contribution < -0.4 is 5.32 Å². The van der Waals surface area contributed by atoms with Gasteiger partial charge in [0.25, 0.3) is 0 Å². The first kappa shape index (κ1) is 15.2. The number of carbonyl (C=O) groups excluding carboxylic acids is 1. The van der Waals surface area contributed by atoms with Crippen molar-refractivity contribution in [3.05, 3.63) is 48.3 Å². The van der Waals surface area contributed by atoms with Gasteiger partial charge in [-0.15, -0.1) is 0 Å². The van der Waals surface area contributed by atoms with Crippen molar-refractivity contribution in [2.24, 2.45) is 0 Å². The number of hydrogen-bond acceptors (Lipinski definition) is 3. The second-order valence-corrected chi connectivity index (χ2v) is 5.48. The van der Waals surface area contributed by atoms with Crippen molar-refractivity contribution in [3.63, 3.8) is 0 Å². The van der Waals surface area contributed by atoms with Gasteiger partial charge < -0.3 is 10.3 Å². The molecule has 3 aromatic rings. The van der Waals surface area contributed by atoms with Gasteiger partial charge in [0.15, 0.2) is 0 Å². The Balaban J connectivity index is 1.49. The number of nitrogens with zero attached hydrogens (tertiary/aromatic N) is 3. The Labute approximate surface area is 132 Å². The molecule has 1 aromatic carbocycles. The second-order valence-electron chi connectivity index (χ2n) is 5.48. The summed E-state index contributed by atoms with van der Waals surface area (Å²) in [5, 5.41) is 6.99. The van der Waals surface area contributed by atoms with Crippen LogP contribution in [0.25, 0.3) is 11.0 Å². The van der Waals surface area contributed by atoms with Gasteiger partial charge in [-0.05, 0) is 31.2 Å². The standard InChI is InChI=1S/C16H18FN5O/c1-11(22-8-2-6-19-22)9-16(23)18-7-5-15-20-13-4-3-12(17)10-14(13)21-15/h2-4,6,8,10-11H,5,7,9H2,1H3,(H,18,23)(H,20,21). The molecule has 3 rings (SSSR count). The van der Waals surface area contributed by atoms with Crippen molar-refractivity contribution in [2.45, 2.75) is 25.8 Å². The topological polar surface area (TPSA) is 75.6 Å². The highest BCUT2D eigenvalue weighted by molar-refractivity contribution is 5.76. The zero-order chi connectivity index (χ0) is 16.2. The van der Waals surface area contributed by atoms with Gasteiger partial charge in [0.2, 0.25) is 5.91 Å². The van der Waals surface area contributed by atoms with E-state index in [2.05, 4.69) is 20.4 Å². The van der Waals surface area contributed by atoms with Crippen molar-refractivity contribution in [1.82, 2.24) is 25.1 Å². The van der Waals surface area contributed by atoms with E-state index >= 15 is 0 Å². The molecule has 0 saturated carbocycles. The number of carbonyl (C=O) groups is 1. The third kappa shape index (κ3) is 3.74. The summed E-state index contributed by atoms with van der Waals surface area (Å²) >= 11 is 0. The largest absolute Gasteiger partial charge is 0.356 e. The Morgan fingerprint density at radius 1 is 1.48 bits per heavy atom. The van der Waals surface area contributed by atoms with E-state index in [1.807, 2.05) is 19.2 Å². The maximum atomic E-state index is 13.1. The summed E-state index contributed by atoms with van der Waals surface area (Å²) in [5.41, 5.74) is 1.39. The summed E-state index contributed by atoms with van der Waals surface area (Å²) < 4.78 is 14.9. The summed E-state index contributed by atoms with van der Waals surface area (Å²) in [4.78, 5) is 19.3. The minimum Gasteiger partial charge on any atom is -0.356 e. The molecule has 0 saturated heterocycles. The zero-order valence-electron chi connectivity index (χ0n) is 12.8. The van der Waals surface area contributed by atoms with Gasteiger partial charge in [-0.25, -0.2) is 9.37 Å². The fourth-order valence-corrected chi connectivity index (χ4v) is 2.45. The van der Waals surface area contributed by atoms with E-state index in [-0.39, 0.29) is 17.8 Å². The molecule has 1 unspecified atom stereocenters. The van der Waals surface area contributed by atoms with Gasteiger partial charge in [0.05, 0.1) is 17.1 Å². The number of nitrogens with one attached hydrogen (secondary N) is 2. The van der Waals surface area contributed by atoms with E-state index in [9.17, 15) is 9.18 Å². The lowest BCUT2D eigenvalue weighted by molar-refractivity contribution is -0.121. The molecule has 0 fully saturated rings. The lowest BCUT2D eigenvalue weighted by Crippen LogP contribution is -2.28. The minimum absolute atomic E-state index is 0.0131. The lowest BCUT2D eigenvalue weighted by atomic mass is 10.2. The molecule has 120 valence electrons. The number of H-pyrrole nitrogens is 1. The Hall–Kier alpha value is -2.70. The highest BCUT2D eigenvalue weighted by atomic mass is 19.1. The fraction of sp³-hybridized carbons (Fsp3) is 0.312. The molecule has 2 heterocycles. The number of benzene rings is 1. The van der Waals surface area contributed by atoms with Crippen molar-refractivity contribution >= 4 is 16.9 Å². The maximum Gasteiger partial charge on any atom is 0.222 e. The number of halogens is 1. The summed E-state index contributed by atoms with van der Waals surface area (Å²) in [6, 6.07) is 6.27. The fourth-order valence-electron chi connectivity index (χ4n) is 2.45. The second kappa shape index (κ2) is 6.60. The summed E-state index contributed by atoms with van der Waals surface area (Å²) in [5.74, 6) is 0.398. The van der Waals surface area contributed by atoms with Crippen LogP contribution in [0.3, 0.4) is 0 Å². The number of hydrogen-bond donors (Lipinski definition) is 2. The molecule has 6 nitrogen and oxygen atoms in total. The first-order valence-corrected chi connectivity index (χ1v) is 7.52. The molecule has 2 aromatic heterocycles. The molecule has 0 aliphatic rings. The highest BCUT2D eigenvalue weighted by Gasteiger charge is 2.11. The first-order valence-electron chi connectivity index (χ1n) is 7.52. The van der Waals surface area contributed by atoms with E-state index in [4.69, 9.17) is 0 Å². The molecule has 1 amide bonds. The monoisotopic (exact) mass is 315 g/mol. The van der Waals surface area contributed by atoms with Crippen molar-refractivity contribution in [3.8, 4) is 0 Å². The molecule has 0 aliphatic heterocycles. The molecule has 23 heavy (non-hydrogen) atoms. The predicted molar refractivity (Wildman–Crippen MR) is 84.3 cm³/mol. The average molecular weight is 315 g/mol. The quantitative estimate of drug-likeness (QED) is 0.732. The van der Waals surface area contributed by atoms with Crippen LogP contribution in [0.5, 0.6) is 0 Å². The van der Waals surface area contributed by atoms with Gasteiger partial charge in [0, 0.05) is 31.8 Å². The third-order valence-corrected chi connectivity index (χ3v) is 3.63. The van der Waals surface area contributed by atoms with Crippen LogP contribution in [-0.2, 0) is 11.2 Å². The van der Waals surface area contributed by atoms with Gasteiger partial charge in [-0.2, -0.15) is 5.10 Å². The van der Waals surface area contributed by atoms with Crippen LogP contribution in [0.4, 0.5) is 4.39 Å². The SMILES string of the molecule is CC(CC(=O)NCCc1nc2ccc(F)cc2[nH]1)n1cccn1. The molecule has 0 radical (unpaired) electrons. The molecular weight excluding hydrogens is 297 g/mol. The number of aromatic nitrogens is 4. The highest BCUT2D eigenvalue weighted by Crippen LogP contribution is 2.13. The van der Waals surface area contributed by atoms with Crippen molar-refractivity contribution in [1.29, 1.82) is 0 Å². The normalized spacial score (nSPS) is 12.4. The first-order chi connectivity index (χ1) is 11.1. The average Bonchev–Trinajstić information content (AvgIpc) is 3.15. The summed E-state index contributed by atoms with van der Waals surface area (Å²) in [7, 11) is 0. The van der Waals surface area contributed by atoms with Gasteiger partial charge in [-0.3, -0.25) is 9.48 Å². The van der Waals surface area contributed by atoms with Crippen LogP contribution in [0, 0.1) is 5.82 Å². The van der Waals surface area contributed by atoms with Crippen molar-refractivity contribution in [2.75, 3.05) is 6.54 Å². The molecule has 1 atom stereocenters. The minimum atomic E-state index is -0.298. The Kier molecular flexibility index (Phi) is 4.36. The van der Waals surface area contributed by atoms with Gasteiger partial charge in [-0.1, -0.05) is 0 Å². The van der Waals surface area contributed by atoms with Crippen LogP contribution in [0.1, 0.15) is 25.2 Å². The molecule has 0 bridgehead atoms. The molecule has 0 spiro atoms. The predicted octanol–water partition coefficient (Wildman–Crippen LogP) is 2.21. The van der Waals surface area contributed by atoms with Crippen LogP contribution in [-0.4, -0.2) is 32.2 Å². The Bertz CT molecular complexity index is 796. The third-order valence-electron chi connectivity index (χ3n) is 3.63. The molecule has 0 aliphatic carbocycles.